The largest absolute Gasteiger partial charge is 0.495 e. The Bertz CT molecular complexity index is 1540. The zero-order chi connectivity index (χ0) is 27.8. The second-order valence-corrected chi connectivity index (χ2v) is 14.0. The monoisotopic (exact) mass is 556 g/mol. The van der Waals surface area contributed by atoms with E-state index in [0.717, 1.165) is 16.7 Å². The molecule has 4 rings (SSSR count). The lowest BCUT2D eigenvalue weighted by molar-refractivity contribution is 0.415. The Labute approximate surface area is 227 Å². The Hall–Kier alpha value is -3.42. The maximum absolute atomic E-state index is 13.9. The van der Waals surface area contributed by atoms with Crippen LogP contribution < -0.4 is 20.7 Å². The summed E-state index contributed by atoms with van der Waals surface area (Å²) in [7, 11) is 0.692. The molecule has 8 nitrogen and oxygen atoms in total. The first kappa shape index (κ1) is 27.6. The van der Waals surface area contributed by atoms with Crippen LogP contribution in [0.15, 0.2) is 48.9 Å². The van der Waals surface area contributed by atoms with Gasteiger partial charge in [0.05, 0.1) is 30.9 Å². The van der Waals surface area contributed by atoms with Crippen molar-refractivity contribution in [2.45, 2.75) is 26.2 Å². The van der Waals surface area contributed by atoms with Gasteiger partial charge in [-0.2, -0.15) is 10.1 Å². The predicted octanol–water partition coefficient (Wildman–Crippen LogP) is 6.71. The molecule has 38 heavy (non-hydrogen) atoms. The molecule has 200 valence electrons. The van der Waals surface area contributed by atoms with E-state index >= 15 is 0 Å². The number of benzene rings is 2. The van der Waals surface area contributed by atoms with Gasteiger partial charge < -0.3 is 19.9 Å². The standard InChI is InChI=1S/C27H31ClFN6O2P/c1-27(2,3)19-12-23(37-5)22(11-18(19)16-13-31-35(4)15-16)33-26-30-14-20(28)25(34-26)32-21-9-8-17(29)10-24(21)38(6,7)36/h8-15H,1-7H3,(H2,30,32,33,34). The summed E-state index contributed by atoms with van der Waals surface area (Å²) in [4.78, 5) is 8.87. The number of anilines is 4. The third-order valence-electron chi connectivity index (χ3n) is 5.95. The topological polar surface area (TPSA) is 94.0 Å². The van der Waals surface area contributed by atoms with Gasteiger partial charge in [0, 0.05) is 24.1 Å². The molecule has 0 bridgehead atoms. The molecule has 0 saturated carbocycles. The van der Waals surface area contributed by atoms with Crippen molar-refractivity contribution in [1.29, 1.82) is 0 Å². The van der Waals surface area contributed by atoms with E-state index in [1.54, 1.807) is 25.1 Å². The number of nitrogens with zero attached hydrogens (tertiary/aromatic N) is 4. The number of aryl methyl sites for hydroxylation is 1. The van der Waals surface area contributed by atoms with E-state index in [2.05, 4.69) is 46.5 Å². The van der Waals surface area contributed by atoms with E-state index in [4.69, 9.17) is 16.3 Å². The average molecular weight is 557 g/mol. The van der Waals surface area contributed by atoms with Crippen LogP contribution in [0.1, 0.15) is 26.3 Å². The Morgan fingerprint density at radius 2 is 1.82 bits per heavy atom. The fourth-order valence-electron chi connectivity index (χ4n) is 4.09. The van der Waals surface area contributed by atoms with Gasteiger partial charge in [-0.15, -0.1) is 0 Å². The Morgan fingerprint density at radius 1 is 1.08 bits per heavy atom. The average Bonchev–Trinajstić information content (AvgIpc) is 3.26. The van der Waals surface area contributed by atoms with Crippen molar-refractivity contribution in [3.8, 4) is 16.9 Å². The van der Waals surface area contributed by atoms with Gasteiger partial charge in [-0.25, -0.2) is 9.37 Å². The minimum absolute atomic E-state index is 0.157. The summed E-state index contributed by atoms with van der Waals surface area (Å²) >= 11 is 6.39. The van der Waals surface area contributed by atoms with Crippen molar-refractivity contribution < 1.29 is 13.7 Å². The zero-order valence-electron chi connectivity index (χ0n) is 22.4. The number of rotatable bonds is 7. The first-order valence-electron chi connectivity index (χ1n) is 11.9. The zero-order valence-corrected chi connectivity index (χ0v) is 24.1. The van der Waals surface area contributed by atoms with Gasteiger partial charge in [0.1, 0.15) is 23.7 Å². The lowest BCUT2D eigenvalue weighted by atomic mass is 9.82. The minimum Gasteiger partial charge on any atom is -0.495 e. The maximum Gasteiger partial charge on any atom is 0.229 e. The molecule has 0 unspecified atom stereocenters. The molecular weight excluding hydrogens is 526 g/mol. The molecule has 0 saturated heterocycles. The molecular formula is C27H31ClFN6O2P. The van der Waals surface area contributed by atoms with Gasteiger partial charge in [-0.1, -0.05) is 32.4 Å². The van der Waals surface area contributed by atoms with Crippen LogP contribution in [-0.4, -0.2) is 40.2 Å². The summed E-state index contributed by atoms with van der Waals surface area (Å²) in [5, 5.41) is 11.3. The van der Waals surface area contributed by atoms with Crippen LogP contribution in [0.3, 0.4) is 0 Å². The molecule has 2 aromatic heterocycles. The normalized spacial score (nSPS) is 11.9. The fourth-order valence-corrected chi connectivity index (χ4v) is 5.37. The van der Waals surface area contributed by atoms with Gasteiger partial charge in [0.25, 0.3) is 0 Å². The molecule has 0 spiro atoms. The van der Waals surface area contributed by atoms with Crippen molar-refractivity contribution in [2.75, 3.05) is 31.1 Å². The van der Waals surface area contributed by atoms with E-state index in [1.807, 2.05) is 31.6 Å². The van der Waals surface area contributed by atoms with Gasteiger partial charge in [0.15, 0.2) is 5.82 Å². The van der Waals surface area contributed by atoms with Gasteiger partial charge in [-0.3, -0.25) is 4.68 Å². The summed E-state index contributed by atoms with van der Waals surface area (Å²) in [5.74, 6) is 0.689. The van der Waals surface area contributed by atoms with Crippen molar-refractivity contribution in [3.63, 3.8) is 0 Å². The van der Waals surface area contributed by atoms with Crippen LogP contribution in [0.25, 0.3) is 11.1 Å². The second-order valence-electron chi connectivity index (χ2n) is 10.4. The number of halogens is 2. The highest BCUT2D eigenvalue weighted by Gasteiger charge is 2.23. The smallest absolute Gasteiger partial charge is 0.229 e. The highest BCUT2D eigenvalue weighted by molar-refractivity contribution is 7.70. The highest BCUT2D eigenvalue weighted by Crippen LogP contribution is 2.41. The lowest BCUT2D eigenvalue weighted by Crippen LogP contribution is -2.14. The SMILES string of the molecule is COc1cc(C(C)(C)C)c(-c2cnn(C)c2)cc1Nc1ncc(Cl)c(Nc2ccc(F)cc2P(C)(C)=O)n1. The number of methoxy groups -OCH3 is 1. The van der Waals surface area contributed by atoms with E-state index in [1.165, 1.54) is 24.4 Å². The van der Waals surface area contributed by atoms with Crippen LogP contribution >= 0.6 is 18.7 Å². The van der Waals surface area contributed by atoms with E-state index in [0.29, 0.717) is 22.4 Å². The summed E-state index contributed by atoms with van der Waals surface area (Å²) in [6, 6.07) is 8.06. The van der Waals surface area contributed by atoms with Crippen LogP contribution in [-0.2, 0) is 17.0 Å². The molecule has 0 atom stereocenters. The minimum atomic E-state index is -2.79. The van der Waals surface area contributed by atoms with Crippen molar-refractivity contribution >= 4 is 47.2 Å². The molecule has 0 aliphatic rings. The summed E-state index contributed by atoms with van der Waals surface area (Å²) in [6.07, 6.45) is 5.24. The van der Waals surface area contributed by atoms with Crippen LogP contribution in [0.2, 0.25) is 5.02 Å². The molecule has 2 aromatic carbocycles. The molecule has 0 aliphatic heterocycles. The summed E-state index contributed by atoms with van der Waals surface area (Å²) < 4.78 is 34.2. The van der Waals surface area contributed by atoms with E-state index in [-0.39, 0.29) is 22.2 Å². The summed E-state index contributed by atoms with van der Waals surface area (Å²) in [6.45, 7) is 9.59. The highest BCUT2D eigenvalue weighted by atomic mass is 35.5. The Morgan fingerprint density at radius 3 is 2.42 bits per heavy atom. The van der Waals surface area contributed by atoms with Crippen molar-refractivity contribution in [3.05, 3.63) is 65.3 Å². The number of ether oxygens (including phenoxy) is 1. The van der Waals surface area contributed by atoms with Crippen molar-refractivity contribution in [2.24, 2.45) is 7.05 Å². The molecule has 2 heterocycles. The Balaban J connectivity index is 1.75. The molecule has 11 heteroatoms. The first-order chi connectivity index (χ1) is 17.8. The van der Waals surface area contributed by atoms with E-state index in [9.17, 15) is 8.96 Å². The third kappa shape index (κ3) is 6.00. The van der Waals surface area contributed by atoms with E-state index < -0.39 is 13.0 Å². The number of nitrogens with one attached hydrogen (secondary N) is 2. The quantitative estimate of drug-likeness (QED) is 0.244. The van der Waals surface area contributed by atoms with Gasteiger partial charge in [0.2, 0.25) is 5.95 Å². The van der Waals surface area contributed by atoms with Crippen molar-refractivity contribution in [1.82, 2.24) is 19.7 Å². The van der Waals surface area contributed by atoms with Crippen LogP contribution in [0.5, 0.6) is 5.75 Å². The van der Waals surface area contributed by atoms with Crippen LogP contribution in [0.4, 0.5) is 27.5 Å². The predicted molar refractivity (Wildman–Crippen MR) is 153 cm³/mol. The first-order valence-corrected chi connectivity index (χ1v) is 14.9. The molecule has 2 N–H and O–H groups in total. The van der Waals surface area contributed by atoms with Gasteiger partial charge >= 0.3 is 0 Å². The second kappa shape index (κ2) is 10.4. The van der Waals surface area contributed by atoms with Gasteiger partial charge in [-0.05, 0) is 60.2 Å². The summed E-state index contributed by atoms with van der Waals surface area (Å²) in [5.41, 5.74) is 4.02. The molecule has 4 aromatic rings. The maximum atomic E-state index is 13.9. The lowest BCUT2D eigenvalue weighted by Gasteiger charge is -2.25. The molecule has 0 radical (unpaired) electrons. The number of aromatic nitrogens is 4. The number of hydrogen-bond acceptors (Lipinski definition) is 7. The van der Waals surface area contributed by atoms with Crippen LogP contribution in [0, 0.1) is 5.82 Å². The third-order valence-corrected chi connectivity index (χ3v) is 7.75. The molecule has 0 amide bonds. The molecule has 0 fully saturated rings. The Kier molecular flexibility index (Phi) is 7.55. The fraction of sp³-hybridized carbons (Fsp3) is 0.296. The number of hydrogen-bond donors (Lipinski definition) is 2. The molecule has 0 aliphatic carbocycles.